The summed E-state index contributed by atoms with van der Waals surface area (Å²) in [5.74, 6) is -0.0812. The first-order valence-electron chi connectivity index (χ1n) is 4.96. The van der Waals surface area contributed by atoms with Gasteiger partial charge in [0.2, 0.25) is 0 Å². The average Bonchev–Trinajstić information content (AvgIpc) is 2.81. The highest BCUT2D eigenvalue weighted by Gasteiger charge is 2.27. The van der Waals surface area contributed by atoms with Crippen molar-refractivity contribution in [3.8, 4) is 0 Å². The number of ether oxygens (including phenoxy) is 1. The van der Waals surface area contributed by atoms with Crippen LogP contribution in [0.4, 0.5) is 0 Å². The first-order valence-corrected chi connectivity index (χ1v) is 4.96. The van der Waals surface area contributed by atoms with Crippen molar-refractivity contribution >= 4 is 5.91 Å². The van der Waals surface area contributed by atoms with E-state index in [2.05, 4.69) is 4.98 Å². The molecule has 2 heterocycles. The zero-order chi connectivity index (χ0) is 10.7. The summed E-state index contributed by atoms with van der Waals surface area (Å²) >= 11 is 0. The summed E-state index contributed by atoms with van der Waals surface area (Å²) in [6, 6.07) is 3.28. The minimum atomic E-state index is -0.227. The molecule has 15 heavy (non-hydrogen) atoms. The molecule has 0 saturated carbocycles. The molecule has 1 unspecified atom stereocenters. The summed E-state index contributed by atoms with van der Waals surface area (Å²) in [6.45, 7) is 1.40. The molecule has 0 spiro atoms. The maximum absolute atomic E-state index is 12.0. The summed E-state index contributed by atoms with van der Waals surface area (Å²) in [5, 5.41) is 9.12. The molecule has 1 fully saturated rings. The monoisotopic (exact) mass is 210 g/mol. The van der Waals surface area contributed by atoms with Crippen LogP contribution in [0, 0.1) is 0 Å². The molecule has 1 aromatic heterocycles. The molecule has 1 aliphatic heterocycles. The molecule has 5 heteroatoms. The Labute approximate surface area is 87.7 Å². The van der Waals surface area contributed by atoms with E-state index in [4.69, 9.17) is 9.84 Å². The highest BCUT2D eigenvalue weighted by molar-refractivity contribution is 5.92. The summed E-state index contributed by atoms with van der Waals surface area (Å²) in [6.07, 6.45) is 1.71. The summed E-state index contributed by atoms with van der Waals surface area (Å²) < 4.78 is 5.21. The number of rotatable bonds is 2. The molecule has 1 amide bonds. The molecular weight excluding hydrogens is 196 g/mol. The summed E-state index contributed by atoms with van der Waals surface area (Å²) in [5.41, 5.74) is 0.551. The quantitative estimate of drug-likeness (QED) is 0.713. The van der Waals surface area contributed by atoms with Crippen LogP contribution in [0.2, 0.25) is 0 Å². The molecule has 0 bridgehead atoms. The number of aliphatic hydroxyl groups is 1. The maximum Gasteiger partial charge on any atom is 0.270 e. The second-order valence-corrected chi connectivity index (χ2v) is 3.49. The van der Waals surface area contributed by atoms with Crippen LogP contribution >= 0.6 is 0 Å². The number of amides is 1. The number of nitrogens with zero attached hydrogens (tertiary/aromatic N) is 1. The Morgan fingerprint density at radius 3 is 3.27 bits per heavy atom. The van der Waals surface area contributed by atoms with E-state index in [9.17, 15) is 4.79 Å². The van der Waals surface area contributed by atoms with E-state index in [1.165, 1.54) is 0 Å². The third kappa shape index (κ3) is 2.03. The van der Waals surface area contributed by atoms with Gasteiger partial charge in [0.15, 0.2) is 0 Å². The van der Waals surface area contributed by atoms with Crippen molar-refractivity contribution in [3.63, 3.8) is 0 Å². The minimum absolute atomic E-state index is 0.0630. The average molecular weight is 210 g/mol. The lowest BCUT2D eigenvalue weighted by Gasteiger charge is -2.34. The Morgan fingerprint density at radius 2 is 2.60 bits per heavy atom. The first kappa shape index (κ1) is 10.2. The van der Waals surface area contributed by atoms with Gasteiger partial charge in [-0.25, -0.2) is 0 Å². The molecule has 1 saturated heterocycles. The van der Waals surface area contributed by atoms with Gasteiger partial charge in [-0.05, 0) is 12.1 Å². The SMILES string of the molecule is O=C(c1ccc[nH]1)N1CCOCC1CO. The van der Waals surface area contributed by atoms with Gasteiger partial charge in [-0.15, -0.1) is 0 Å². The second-order valence-electron chi connectivity index (χ2n) is 3.49. The molecule has 0 aliphatic carbocycles. The second kappa shape index (κ2) is 4.46. The van der Waals surface area contributed by atoms with Crippen LogP contribution in [0.3, 0.4) is 0 Å². The highest BCUT2D eigenvalue weighted by Crippen LogP contribution is 2.10. The van der Waals surface area contributed by atoms with Crippen molar-refractivity contribution in [2.24, 2.45) is 0 Å². The normalized spacial score (nSPS) is 21.7. The number of nitrogens with one attached hydrogen (secondary N) is 1. The first-order chi connectivity index (χ1) is 7.33. The number of hydrogen-bond acceptors (Lipinski definition) is 3. The number of carbonyl (C=O) groups is 1. The van der Waals surface area contributed by atoms with Gasteiger partial charge in [-0.1, -0.05) is 0 Å². The zero-order valence-corrected chi connectivity index (χ0v) is 8.35. The lowest BCUT2D eigenvalue weighted by atomic mass is 10.2. The number of aliphatic hydroxyl groups excluding tert-OH is 1. The van der Waals surface area contributed by atoms with Crippen LogP contribution in [0.5, 0.6) is 0 Å². The number of aromatic amines is 1. The number of hydrogen-bond donors (Lipinski definition) is 2. The van der Waals surface area contributed by atoms with Gasteiger partial charge in [0.05, 0.1) is 25.9 Å². The van der Waals surface area contributed by atoms with Crippen molar-refractivity contribution in [1.29, 1.82) is 0 Å². The Morgan fingerprint density at radius 1 is 1.73 bits per heavy atom. The lowest BCUT2D eigenvalue weighted by molar-refractivity contribution is -0.0186. The fourth-order valence-corrected chi connectivity index (χ4v) is 1.69. The van der Waals surface area contributed by atoms with Crippen LogP contribution in [0.15, 0.2) is 18.3 Å². The van der Waals surface area contributed by atoms with Crippen LogP contribution in [-0.2, 0) is 4.74 Å². The van der Waals surface area contributed by atoms with Crippen molar-refractivity contribution in [3.05, 3.63) is 24.0 Å². The third-order valence-electron chi connectivity index (χ3n) is 2.53. The summed E-state index contributed by atoms with van der Waals surface area (Å²) in [7, 11) is 0. The Kier molecular flexibility index (Phi) is 3.03. The smallest absolute Gasteiger partial charge is 0.270 e. The predicted octanol–water partition coefficient (Wildman–Crippen LogP) is -0.152. The molecule has 1 atom stereocenters. The fourth-order valence-electron chi connectivity index (χ4n) is 1.69. The molecule has 1 aliphatic rings. The van der Waals surface area contributed by atoms with Crippen molar-refractivity contribution in [1.82, 2.24) is 9.88 Å². The number of aromatic nitrogens is 1. The van der Waals surface area contributed by atoms with E-state index in [0.29, 0.717) is 25.5 Å². The van der Waals surface area contributed by atoms with Gasteiger partial charge < -0.3 is 19.7 Å². The van der Waals surface area contributed by atoms with E-state index in [1.807, 2.05) is 0 Å². The Hall–Kier alpha value is -1.33. The molecule has 1 aromatic rings. The van der Waals surface area contributed by atoms with E-state index in [-0.39, 0.29) is 18.6 Å². The van der Waals surface area contributed by atoms with Crippen LogP contribution in [0.25, 0.3) is 0 Å². The standard InChI is InChI=1S/C10H14N2O3/c13-6-8-7-15-5-4-12(8)10(14)9-2-1-3-11-9/h1-3,8,11,13H,4-7H2. The van der Waals surface area contributed by atoms with Gasteiger partial charge in [0.1, 0.15) is 5.69 Å². The predicted molar refractivity (Wildman–Crippen MR) is 53.5 cm³/mol. The fraction of sp³-hybridized carbons (Fsp3) is 0.500. The van der Waals surface area contributed by atoms with Gasteiger partial charge in [-0.3, -0.25) is 4.79 Å². The van der Waals surface area contributed by atoms with Gasteiger partial charge in [0, 0.05) is 12.7 Å². The van der Waals surface area contributed by atoms with Crippen LogP contribution in [0.1, 0.15) is 10.5 Å². The molecule has 5 nitrogen and oxygen atoms in total. The lowest BCUT2D eigenvalue weighted by Crippen LogP contribution is -2.50. The number of H-pyrrole nitrogens is 1. The molecule has 82 valence electrons. The zero-order valence-electron chi connectivity index (χ0n) is 8.35. The van der Waals surface area contributed by atoms with Crippen LogP contribution < -0.4 is 0 Å². The Bertz CT molecular complexity index is 323. The van der Waals surface area contributed by atoms with Crippen molar-refractivity contribution in [2.45, 2.75) is 6.04 Å². The maximum atomic E-state index is 12.0. The highest BCUT2D eigenvalue weighted by atomic mass is 16.5. The van der Waals surface area contributed by atoms with Crippen molar-refractivity contribution in [2.75, 3.05) is 26.4 Å². The third-order valence-corrected chi connectivity index (χ3v) is 2.53. The van der Waals surface area contributed by atoms with Gasteiger partial charge in [0.25, 0.3) is 5.91 Å². The molecular formula is C10H14N2O3. The molecule has 2 rings (SSSR count). The molecule has 2 N–H and O–H groups in total. The van der Waals surface area contributed by atoms with E-state index < -0.39 is 0 Å². The topological polar surface area (TPSA) is 65.6 Å². The summed E-state index contributed by atoms with van der Waals surface area (Å²) in [4.78, 5) is 16.5. The van der Waals surface area contributed by atoms with Crippen molar-refractivity contribution < 1.29 is 14.6 Å². The van der Waals surface area contributed by atoms with Gasteiger partial charge >= 0.3 is 0 Å². The number of morpholine rings is 1. The van der Waals surface area contributed by atoms with Gasteiger partial charge in [-0.2, -0.15) is 0 Å². The number of carbonyl (C=O) groups excluding carboxylic acids is 1. The van der Waals surface area contributed by atoms with E-state index in [1.54, 1.807) is 23.2 Å². The minimum Gasteiger partial charge on any atom is -0.394 e. The Balaban J connectivity index is 2.11. The van der Waals surface area contributed by atoms with E-state index in [0.717, 1.165) is 0 Å². The molecule has 0 radical (unpaired) electrons. The largest absolute Gasteiger partial charge is 0.394 e. The molecule has 0 aromatic carbocycles. The van der Waals surface area contributed by atoms with E-state index >= 15 is 0 Å². The van der Waals surface area contributed by atoms with Crippen LogP contribution in [-0.4, -0.2) is 53.3 Å².